The molecule has 0 fully saturated rings. The molecule has 76 valence electrons. The Balaban J connectivity index is 3.84. The Morgan fingerprint density at radius 3 is 2.08 bits per heavy atom. The van der Waals surface area contributed by atoms with Crippen molar-refractivity contribution >= 4 is 23.8 Å². The minimum absolute atomic E-state index is 0.251. The fraction of sp³-hybridized carbons (Fsp3) is 0.750. The molecule has 5 heteroatoms. The van der Waals surface area contributed by atoms with E-state index in [1.54, 1.807) is 0 Å². The molecule has 0 saturated heterocycles. The molecule has 0 aromatic heterocycles. The van der Waals surface area contributed by atoms with Crippen molar-refractivity contribution in [2.75, 3.05) is 27.2 Å². The molecule has 0 aromatic rings. The lowest BCUT2D eigenvalue weighted by atomic mass is 10.3. The molecule has 0 saturated carbocycles. The molecule has 0 bridgehead atoms. The van der Waals surface area contributed by atoms with Crippen LogP contribution in [0, 0.1) is 0 Å². The van der Waals surface area contributed by atoms with Gasteiger partial charge in [0.05, 0.1) is 0 Å². The van der Waals surface area contributed by atoms with Crippen molar-refractivity contribution in [2.45, 2.75) is 13.3 Å². The maximum absolute atomic E-state index is 10.9. The SMILES string of the molecule is CC(=O)N(CCCN(C)C)C(=O)S. The van der Waals surface area contributed by atoms with Gasteiger partial charge in [-0.25, -0.2) is 0 Å². The number of amides is 2. The summed E-state index contributed by atoms with van der Waals surface area (Å²) < 4.78 is 0. The lowest BCUT2D eigenvalue weighted by Gasteiger charge is -2.17. The lowest BCUT2D eigenvalue weighted by Crippen LogP contribution is -2.33. The first-order chi connectivity index (χ1) is 5.95. The van der Waals surface area contributed by atoms with Crippen LogP contribution >= 0.6 is 12.6 Å². The van der Waals surface area contributed by atoms with Crippen molar-refractivity contribution < 1.29 is 9.59 Å². The van der Waals surface area contributed by atoms with Crippen LogP contribution < -0.4 is 0 Å². The molecule has 0 spiro atoms. The summed E-state index contributed by atoms with van der Waals surface area (Å²) in [4.78, 5) is 24.9. The molecule has 0 aliphatic carbocycles. The van der Waals surface area contributed by atoms with E-state index in [9.17, 15) is 9.59 Å². The Morgan fingerprint density at radius 2 is 1.77 bits per heavy atom. The molecule has 0 aliphatic heterocycles. The third-order valence-electron chi connectivity index (χ3n) is 1.60. The first-order valence-corrected chi connectivity index (χ1v) is 4.55. The van der Waals surface area contributed by atoms with Crippen molar-refractivity contribution in [3.63, 3.8) is 0 Å². The van der Waals surface area contributed by atoms with Crippen molar-refractivity contribution in [3.05, 3.63) is 0 Å². The van der Waals surface area contributed by atoms with Gasteiger partial charge in [0.15, 0.2) is 0 Å². The van der Waals surface area contributed by atoms with Gasteiger partial charge in [-0.2, -0.15) is 0 Å². The maximum atomic E-state index is 10.9. The Bertz CT molecular complexity index is 181. The van der Waals surface area contributed by atoms with E-state index in [0.29, 0.717) is 6.54 Å². The summed E-state index contributed by atoms with van der Waals surface area (Å²) in [5.74, 6) is -0.251. The fourth-order valence-electron chi connectivity index (χ4n) is 0.933. The summed E-state index contributed by atoms with van der Waals surface area (Å²) in [5, 5.41) is -0.480. The summed E-state index contributed by atoms with van der Waals surface area (Å²) >= 11 is 3.61. The minimum atomic E-state index is -0.480. The number of rotatable bonds is 4. The number of carbonyl (C=O) groups excluding carboxylic acids is 2. The van der Waals surface area contributed by atoms with Gasteiger partial charge in [-0.15, -0.1) is 0 Å². The van der Waals surface area contributed by atoms with Gasteiger partial charge in [0.1, 0.15) is 0 Å². The van der Waals surface area contributed by atoms with E-state index in [0.717, 1.165) is 17.9 Å². The zero-order valence-electron chi connectivity index (χ0n) is 8.28. The monoisotopic (exact) mass is 204 g/mol. The number of carbonyl (C=O) groups is 2. The van der Waals surface area contributed by atoms with Crippen molar-refractivity contribution in [2.24, 2.45) is 0 Å². The van der Waals surface area contributed by atoms with Crippen LogP contribution in [0.4, 0.5) is 4.79 Å². The second-order valence-corrected chi connectivity index (χ2v) is 3.49. The molecule has 0 aliphatic rings. The molecular formula is C8H16N2O2S. The Morgan fingerprint density at radius 1 is 1.23 bits per heavy atom. The van der Waals surface area contributed by atoms with Crippen molar-refractivity contribution in [3.8, 4) is 0 Å². The second kappa shape index (κ2) is 5.99. The van der Waals surface area contributed by atoms with Crippen LogP contribution in [0.5, 0.6) is 0 Å². The van der Waals surface area contributed by atoms with Crippen LogP contribution in [0.1, 0.15) is 13.3 Å². The van der Waals surface area contributed by atoms with Gasteiger partial charge in [0.2, 0.25) is 5.91 Å². The first-order valence-electron chi connectivity index (χ1n) is 4.11. The lowest BCUT2D eigenvalue weighted by molar-refractivity contribution is -0.125. The van der Waals surface area contributed by atoms with Crippen molar-refractivity contribution in [1.82, 2.24) is 9.80 Å². The topological polar surface area (TPSA) is 40.6 Å². The highest BCUT2D eigenvalue weighted by atomic mass is 32.1. The highest BCUT2D eigenvalue weighted by Gasteiger charge is 2.13. The first kappa shape index (κ1) is 12.4. The third-order valence-corrected chi connectivity index (χ3v) is 1.84. The van der Waals surface area contributed by atoms with Crippen molar-refractivity contribution in [1.29, 1.82) is 0 Å². The molecule has 0 heterocycles. The predicted molar refractivity (Wildman–Crippen MR) is 54.9 cm³/mol. The molecule has 0 aromatic carbocycles. The van der Waals surface area contributed by atoms with E-state index in [1.807, 2.05) is 19.0 Å². The minimum Gasteiger partial charge on any atom is -0.309 e. The standard InChI is InChI=1S/C8H16N2O2S/c1-7(11)10(8(12)13)6-4-5-9(2)3/h4-6H2,1-3H3,(H,12,13). The number of hydrogen-bond donors (Lipinski definition) is 1. The van der Waals surface area contributed by atoms with Gasteiger partial charge in [-0.1, -0.05) is 12.6 Å². The summed E-state index contributed by atoms with van der Waals surface area (Å²) in [5.41, 5.74) is 0. The van der Waals surface area contributed by atoms with E-state index >= 15 is 0 Å². The summed E-state index contributed by atoms with van der Waals surface area (Å²) in [6.07, 6.45) is 0.777. The highest BCUT2D eigenvalue weighted by Crippen LogP contribution is 1.98. The van der Waals surface area contributed by atoms with Crippen LogP contribution in [-0.4, -0.2) is 48.1 Å². The van der Waals surface area contributed by atoms with Crippen LogP contribution in [0.2, 0.25) is 0 Å². The smallest absolute Gasteiger partial charge is 0.285 e. The molecule has 0 N–H and O–H groups in total. The Kier molecular flexibility index (Phi) is 5.73. The van der Waals surface area contributed by atoms with E-state index in [4.69, 9.17) is 0 Å². The zero-order valence-corrected chi connectivity index (χ0v) is 9.17. The van der Waals surface area contributed by atoms with Gasteiger partial charge < -0.3 is 4.90 Å². The molecule has 13 heavy (non-hydrogen) atoms. The molecule has 4 nitrogen and oxygen atoms in total. The predicted octanol–water partition coefficient (Wildman–Crippen LogP) is 0.836. The third kappa shape index (κ3) is 5.65. The van der Waals surface area contributed by atoms with Gasteiger partial charge in [0, 0.05) is 13.5 Å². The molecular weight excluding hydrogens is 188 g/mol. The number of imide groups is 1. The normalized spacial score (nSPS) is 10.2. The van der Waals surface area contributed by atoms with Crippen LogP contribution in [0.25, 0.3) is 0 Å². The second-order valence-electron chi connectivity index (χ2n) is 3.11. The average molecular weight is 204 g/mol. The van der Waals surface area contributed by atoms with E-state index in [2.05, 4.69) is 12.6 Å². The van der Waals surface area contributed by atoms with E-state index < -0.39 is 5.24 Å². The number of nitrogens with zero attached hydrogens (tertiary/aromatic N) is 2. The largest absolute Gasteiger partial charge is 0.309 e. The summed E-state index contributed by atoms with van der Waals surface area (Å²) in [6.45, 7) is 2.66. The Labute approximate surface area is 84.3 Å². The zero-order chi connectivity index (χ0) is 10.4. The highest BCUT2D eigenvalue weighted by molar-refractivity contribution is 7.96. The van der Waals surface area contributed by atoms with Gasteiger partial charge in [0.25, 0.3) is 5.24 Å². The Hall–Kier alpha value is -0.550. The number of hydrogen-bond acceptors (Lipinski definition) is 3. The van der Waals surface area contributed by atoms with Crippen LogP contribution in [-0.2, 0) is 4.79 Å². The quantitative estimate of drug-likeness (QED) is 0.690. The van der Waals surface area contributed by atoms with Gasteiger partial charge >= 0.3 is 0 Å². The van der Waals surface area contributed by atoms with Crippen LogP contribution in [0.15, 0.2) is 0 Å². The van der Waals surface area contributed by atoms with E-state index in [1.165, 1.54) is 6.92 Å². The van der Waals surface area contributed by atoms with Gasteiger partial charge in [-0.05, 0) is 27.1 Å². The molecule has 0 rings (SSSR count). The molecule has 0 unspecified atom stereocenters. The fourth-order valence-corrected chi connectivity index (χ4v) is 1.17. The average Bonchev–Trinajstić information content (AvgIpc) is 1.95. The number of thiol groups is 1. The summed E-state index contributed by atoms with van der Waals surface area (Å²) in [6, 6.07) is 0. The van der Waals surface area contributed by atoms with Crippen LogP contribution in [0.3, 0.4) is 0 Å². The molecule has 2 amide bonds. The summed E-state index contributed by atoms with van der Waals surface area (Å²) in [7, 11) is 3.89. The molecule has 0 radical (unpaired) electrons. The van der Waals surface area contributed by atoms with E-state index in [-0.39, 0.29) is 5.91 Å². The van der Waals surface area contributed by atoms with Gasteiger partial charge in [-0.3, -0.25) is 14.5 Å². The maximum Gasteiger partial charge on any atom is 0.285 e. The molecule has 0 atom stereocenters.